The second-order valence-electron chi connectivity index (χ2n) is 2.28. The molecule has 0 amide bonds. The highest BCUT2D eigenvalue weighted by molar-refractivity contribution is 5.77. The predicted molar refractivity (Wildman–Crippen MR) is 46.5 cm³/mol. The Hall–Kier alpha value is -1.92. The van der Waals surface area contributed by atoms with Crippen molar-refractivity contribution in [2.75, 3.05) is 7.05 Å². The number of imidazole rings is 1. The first-order chi connectivity index (χ1) is 6.16. The van der Waals surface area contributed by atoms with Crippen LogP contribution >= 0.6 is 0 Å². The minimum atomic E-state index is -0.545. The fourth-order valence-electron chi connectivity index (χ4n) is 0.833. The lowest BCUT2D eigenvalue weighted by Gasteiger charge is -1.94. The van der Waals surface area contributed by atoms with Gasteiger partial charge in [0.15, 0.2) is 5.69 Å². The van der Waals surface area contributed by atoms with E-state index in [1.807, 2.05) is 0 Å². The van der Waals surface area contributed by atoms with Crippen molar-refractivity contribution in [1.29, 1.82) is 0 Å². The third kappa shape index (κ3) is 1.81. The average molecular weight is 183 g/mol. The van der Waals surface area contributed by atoms with Crippen molar-refractivity contribution in [3.63, 3.8) is 0 Å². The predicted octanol–water partition coefficient (Wildman–Crippen LogP) is -0.118. The Bertz CT molecular complexity index is 343. The number of nitrogens with one attached hydrogen (secondary N) is 1. The van der Waals surface area contributed by atoms with Crippen LogP contribution in [0.25, 0.3) is 0 Å². The van der Waals surface area contributed by atoms with E-state index >= 15 is 0 Å². The van der Waals surface area contributed by atoms with Crippen molar-refractivity contribution in [3.05, 3.63) is 22.0 Å². The van der Waals surface area contributed by atoms with Crippen LogP contribution in [0.5, 0.6) is 0 Å². The van der Waals surface area contributed by atoms with Gasteiger partial charge in [0, 0.05) is 7.05 Å². The normalized spacial score (nSPS) is 10.6. The molecule has 0 aliphatic heterocycles. The third-order valence-corrected chi connectivity index (χ3v) is 1.49. The number of hydrogen-bond donors (Lipinski definition) is 1. The fourth-order valence-corrected chi connectivity index (χ4v) is 0.833. The van der Waals surface area contributed by atoms with Crippen molar-refractivity contribution in [2.24, 2.45) is 12.1 Å². The first-order valence-corrected chi connectivity index (χ1v) is 3.52. The van der Waals surface area contributed by atoms with Crippen LogP contribution in [0.15, 0.2) is 11.3 Å². The maximum atomic E-state index is 10.4. The zero-order chi connectivity index (χ0) is 9.84. The second-order valence-corrected chi connectivity index (χ2v) is 2.28. The van der Waals surface area contributed by atoms with Crippen LogP contribution in [-0.2, 0) is 7.05 Å². The smallest absolute Gasteiger partial charge is 0.390 e. The summed E-state index contributed by atoms with van der Waals surface area (Å²) in [6.45, 7) is 0. The van der Waals surface area contributed by atoms with Gasteiger partial charge in [-0.2, -0.15) is 5.10 Å². The highest BCUT2D eigenvalue weighted by atomic mass is 16.6. The molecule has 0 aliphatic carbocycles. The van der Waals surface area contributed by atoms with Gasteiger partial charge in [0.05, 0.1) is 13.3 Å². The Morgan fingerprint density at radius 3 is 3.00 bits per heavy atom. The molecule has 1 rings (SSSR count). The van der Waals surface area contributed by atoms with Crippen molar-refractivity contribution in [2.45, 2.75) is 0 Å². The quantitative estimate of drug-likeness (QED) is 0.402. The molecule has 0 spiro atoms. The van der Waals surface area contributed by atoms with Gasteiger partial charge >= 0.3 is 5.95 Å². The summed E-state index contributed by atoms with van der Waals surface area (Å²) in [5.74, 6) is -0.197. The Morgan fingerprint density at radius 2 is 2.54 bits per heavy atom. The zero-order valence-electron chi connectivity index (χ0n) is 7.26. The molecule has 7 heteroatoms. The summed E-state index contributed by atoms with van der Waals surface area (Å²) >= 11 is 0. The van der Waals surface area contributed by atoms with Crippen molar-refractivity contribution in [3.8, 4) is 0 Å². The van der Waals surface area contributed by atoms with Crippen LogP contribution in [0, 0.1) is 10.1 Å². The molecule has 1 N–H and O–H groups in total. The molecular weight excluding hydrogens is 174 g/mol. The molecule has 0 atom stereocenters. The van der Waals surface area contributed by atoms with Gasteiger partial charge in [-0.3, -0.25) is 0 Å². The summed E-state index contributed by atoms with van der Waals surface area (Å²) in [5, 5.41) is 14.1. The lowest BCUT2D eigenvalue weighted by Crippen LogP contribution is -2.02. The highest BCUT2D eigenvalue weighted by Crippen LogP contribution is 2.08. The molecule has 70 valence electrons. The van der Waals surface area contributed by atoms with Crippen LogP contribution in [0.4, 0.5) is 5.95 Å². The molecule has 13 heavy (non-hydrogen) atoms. The van der Waals surface area contributed by atoms with Gasteiger partial charge in [-0.15, -0.1) is 0 Å². The van der Waals surface area contributed by atoms with E-state index in [2.05, 4.69) is 15.5 Å². The Kier molecular flexibility index (Phi) is 2.58. The third-order valence-electron chi connectivity index (χ3n) is 1.49. The van der Waals surface area contributed by atoms with Crippen LogP contribution < -0.4 is 5.43 Å². The van der Waals surface area contributed by atoms with Gasteiger partial charge in [0.25, 0.3) is 0 Å². The zero-order valence-corrected chi connectivity index (χ0v) is 7.26. The maximum absolute atomic E-state index is 10.4. The first-order valence-electron chi connectivity index (χ1n) is 3.52. The molecule has 0 bridgehead atoms. The summed E-state index contributed by atoms with van der Waals surface area (Å²) in [7, 11) is 3.20. The van der Waals surface area contributed by atoms with E-state index in [0.717, 1.165) is 0 Å². The van der Waals surface area contributed by atoms with E-state index in [0.29, 0.717) is 5.69 Å². The largest absolute Gasteiger partial charge is 0.434 e. The molecule has 0 fully saturated rings. The van der Waals surface area contributed by atoms with Crippen molar-refractivity contribution in [1.82, 2.24) is 15.0 Å². The Morgan fingerprint density at radius 1 is 1.85 bits per heavy atom. The monoisotopic (exact) mass is 183 g/mol. The summed E-state index contributed by atoms with van der Waals surface area (Å²) < 4.78 is 1.35. The molecular formula is C6H9N5O2. The minimum Gasteiger partial charge on any atom is -0.390 e. The number of hydrazone groups is 1. The number of aromatic nitrogens is 2. The average Bonchev–Trinajstić information content (AvgIpc) is 2.43. The van der Waals surface area contributed by atoms with E-state index in [1.54, 1.807) is 14.1 Å². The number of nitrogens with zero attached hydrogens (tertiary/aromatic N) is 4. The van der Waals surface area contributed by atoms with E-state index in [-0.39, 0.29) is 5.95 Å². The molecule has 0 aromatic carbocycles. The number of nitro groups is 1. The lowest BCUT2D eigenvalue weighted by molar-refractivity contribution is -0.396. The molecule has 1 aromatic heterocycles. The molecule has 0 saturated heterocycles. The number of hydrogen-bond acceptors (Lipinski definition) is 5. The van der Waals surface area contributed by atoms with Crippen molar-refractivity contribution >= 4 is 12.2 Å². The number of rotatable bonds is 3. The second kappa shape index (κ2) is 3.65. The van der Waals surface area contributed by atoms with Crippen LogP contribution in [0.3, 0.4) is 0 Å². The summed E-state index contributed by atoms with van der Waals surface area (Å²) in [6.07, 6.45) is 2.85. The maximum Gasteiger partial charge on any atom is 0.434 e. The van der Waals surface area contributed by atoms with Gasteiger partial charge in [-0.25, -0.2) is 4.57 Å². The molecule has 0 radical (unpaired) electrons. The standard InChI is InChI=1S/C6H9N5O2/c1-7-9-4-5-3-8-6(10(5)2)11(12)13/h3-4,7H,1-2H3/b9-4+. The van der Waals surface area contributed by atoms with E-state index in [9.17, 15) is 10.1 Å². The lowest BCUT2D eigenvalue weighted by atomic mass is 10.5. The molecule has 0 saturated carbocycles. The minimum absolute atomic E-state index is 0.197. The molecule has 0 unspecified atom stereocenters. The fraction of sp³-hybridized carbons (Fsp3) is 0.333. The van der Waals surface area contributed by atoms with Crippen LogP contribution in [0.2, 0.25) is 0 Å². The van der Waals surface area contributed by atoms with Gasteiger partial charge in [-0.05, 0) is 4.92 Å². The molecule has 7 nitrogen and oxygen atoms in total. The summed E-state index contributed by atoms with van der Waals surface area (Å²) in [5.41, 5.74) is 3.11. The summed E-state index contributed by atoms with van der Waals surface area (Å²) in [6, 6.07) is 0. The molecule has 1 heterocycles. The Labute approximate surface area is 74.2 Å². The van der Waals surface area contributed by atoms with E-state index in [4.69, 9.17) is 0 Å². The van der Waals surface area contributed by atoms with E-state index in [1.165, 1.54) is 17.0 Å². The Balaban J connectivity index is 2.99. The van der Waals surface area contributed by atoms with Gasteiger partial charge in [0.2, 0.25) is 0 Å². The van der Waals surface area contributed by atoms with E-state index < -0.39 is 4.92 Å². The van der Waals surface area contributed by atoms with Crippen molar-refractivity contribution < 1.29 is 4.92 Å². The van der Waals surface area contributed by atoms with Gasteiger partial charge < -0.3 is 15.5 Å². The first kappa shape index (κ1) is 9.17. The van der Waals surface area contributed by atoms with Gasteiger partial charge in [0.1, 0.15) is 6.20 Å². The topological polar surface area (TPSA) is 85.3 Å². The highest BCUT2D eigenvalue weighted by Gasteiger charge is 2.15. The molecule has 1 aromatic rings. The molecule has 0 aliphatic rings. The SMILES string of the molecule is CN/N=C/c1cnc([N+](=O)[O-])n1C. The summed E-state index contributed by atoms with van der Waals surface area (Å²) in [4.78, 5) is 13.4. The van der Waals surface area contributed by atoms with Gasteiger partial charge in [-0.1, -0.05) is 4.98 Å². The van der Waals surface area contributed by atoms with Crippen LogP contribution in [0.1, 0.15) is 5.69 Å². The van der Waals surface area contributed by atoms with Crippen LogP contribution in [-0.4, -0.2) is 27.7 Å².